The van der Waals surface area contributed by atoms with Gasteiger partial charge in [-0.05, 0) is 19.4 Å². The van der Waals surface area contributed by atoms with E-state index in [1.165, 1.54) is 0 Å². The van der Waals surface area contributed by atoms with Crippen molar-refractivity contribution >= 4 is 13.5 Å². The lowest BCUT2D eigenvalue weighted by atomic mass is 9.68. The number of nitrogens with one attached hydrogen (secondary N) is 2. The van der Waals surface area contributed by atoms with Crippen molar-refractivity contribution in [3.05, 3.63) is 0 Å². The van der Waals surface area contributed by atoms with Crippen LogP contribution in [0.4, 0.5) is 0 Å². The molecule has 5 nitrogen and oxygen atoms in total. The van der Waals surface area contributed by atoms with Crippen LogP contribution in [0.1, 0.15) is 19.3 Å². The van der Waals surface area contributed by atoms with Crippen LogP contribution in [-0.2, 0) is 4.79 Å². The summed E-state index contributed by atoms with van der Waals surface area (Å²) in [4.78, 5) is 11.5. The third kappa shape index (κ3) is 1.56. The van der Waals surface area contributed by atoms with Gasteiger partial charge in [0.2, 0.25) is 0 Å². The van der Waals surface area contributed by atoms with Gasteiger partial charge in [-0.25, -0.2) is 0 Å². The van der Waals surface area contributed by atoms with Crippen molar-refractivity contribution in [3.8, 4) is 0 Å². The van der Waals surface area contributed by atoms with Gasteiger partial charge in [-0.15, -0.1) is 0 Å². The standard InChI is InChI=1S/C10H19BN2O3/c14-8(15)10-7-12-6-9(10,3-5-13-10)2-1-4-11-16/h11-13,16H,1-7H2,(H,14,15). The molecule has 90 valence electrons. The van der Waals surface area contributed by atoms with E-state index in [4.69, 9.17) is 5.02 Å². The van der Waals surface area contributed by atoms with Crippen molar-refractivity contribution in [2.24, 2.45) is 5.41 Å². The number of fused-ring (bicyclic) bond motifs is 1. The molecule has 2 atom stereocenters. The first-order valence-corrected chi connectivity index (χ1v) is 5.97. The van der Waals surface area contributed by atoms with Gasteiger partial charge in [0.25, 0.3) is 7.48 Å². The zero-order valence-electron chi connectivity index (χ0n) is 9.46. The number of aliphatic carboxylic acids is 1. The maximum atomic E-state index is 11.5. The molecule has 2 saturated heterocycles. The monoisotopic (exact) mass is 226 g/mol. The number of hydrogen-bond donors (Lipinski definition) is 4. The van der Waals surface area contributed by atoms with Crippen molar-refractivity contribution in [1.29, 1.82) is 0 Å². The normalized spacial score (nSPS) is 37.3. The van der Waals surface area contributed by atoms with E-state index in [1.807, 2.05) is 0 Å². The van der Waals surface area contributed by atoms with Crippen molar-refractivity contribution in [1.82, 2.24) is 10.6 Å². The summed E-state index contributed by atoms with van der Waals surface area (Å²) in [7, 11) is 0.191. The Morgan fingerprint density at radius 1 is 1.44 bits per heavy atom. The van der Waals surface area contributed by atoms with Crippen LogP contribution in [-0.4, -0.2) is 48.8 Å². The fraction of sp³-hybridized carbons (Fsp3) is 0.900. The second kappa shape index (κ2) is 4.35. The van der Waals surface area contributed by atoms with Crippen LogP contribution in [0, 0.1) is 5.41 Å². The van der Waals surface area contributed by atoms with Gasteiger partial charge in [0.05, 0.1) is 0 Å². The molecule has 0 spiro atoms. The summed E-state index contributed by atoms with van der Waals surface area (Å²) >= 11 is 0. The molecule has 0 aliphatic carbocycles. The minimum atomic E-state index is -0.775. The van der Waals surface area contributed by atoms with E-state index in [-0.39, 0.29) is 12.9 Å². The van der Waals surface area contributed by atoms with Crippen molar-refractivity contribution in [2.45, 2.75) is 31.1 Å². The Labute approximate surface area is 95.9 Å². The Kier molecular flexibility index (Phi) is 3.23. The average molecular weight is 226 g/mol. The summed E-state index contributed by atoms with van der Waals surface area (Å²) < 4.78 is 0. The summed E-state index contributed by atoms with van der Waals surface area (Å²) in [6.45, 7) is 2.08. The molecule has 2 fully saturated rings. The van der Waals surface area contributed by atoms with Gasteiger partial charge in [0, 0.05) is 18.5 Å². The summed E-state index contributed by atoms with van der Waals surface area (Å²) in [6, 6.07) is 0. The maximum Gasteiger partial charge on any atom is 0.325 e. The zero-order chi connectivity index (χ0) is 11.6. The molecular formula is C10H19BN2O3. The molecular weight excluding hydrogens is 207 g/mol. The minimum absolute atomic E-state index is 0.159. The first-order chi connectivity index (χ1) is 7.67. The average Bonchev–Trinajstić information content (AvgIpc) is 2.73. The largest absolute Gasteiger partial charge is 0.480 e. The van der Waals surface area contributed by atoms with Crippen molar-refractivity contribution in [2.75, 3.05) is 19.6 Å². The second-order valence-corrected chi connectivity index (χ2v) is 4.95. The first-order valence-electron chi connectivity index (χ1n) is 5.97. The molecule has 2 rings (SSSR count). The highest BCUT2D eigenvalue weighted by Crippen LogP contribution is 2.46. The number of carboxylic acids is 1. The summed E-state index contributed by atoms with van der Waals surface area (Å²) in [5, 5.41) is 24.6. The first kappa shape index (κ1) is 11.9. The van der Waals surface area contributed by atoms with Crippen molar-refractivity contribution in [3.63, 3.8) is 0 Å². The summed E-state index contributed by atoms with van der Waals surface area (Å²) in [5.74, 6) is -0.737. The smallest absolute Gasteiger partial charge is 0.325 e. The number of carboxylic acid groups (broad SMARTS) is 1. The molecule has 2 aliphatic rings. The maximum absolute atomic E-state index is 11.5. The van der Waals surface area contributed by atoms with Gasteiger partial charge < -0.3 is 20.8 Å². The summed E-state index contributed by atoms with van der Waals surface area (Å²) in [6.07, 6.45) is 3.45. The lowest BCUT2D eigenvalue weighted by Gasteiger charge is -2.35. The molecule has 2 heterocycles. The number of carbonyl (C=O) groups is 1. The van der Waals surface area contributed by atoms with E-state index in [1.54, 1.807) is 0 Å². The Morgan fingerprint density at radius 2 is 2.25 bits per heavy atom. The molecule has 4 N–H and O–H groups in total. The highest BCUT2D eigenvalue weighted by molar-refractivity contribution is 6.25. The molecule has 0 aromatic rings. The van der Waals surface area contributed by atoms with Crippen molar-refractivity contribution < 1.29 is 14.9 Å². The Balaban J connectivity index is 2.13. The van der Waals surface area contributed by atoms with E-state index in [0.717, 1.165) is 38.7 Å². The van der Waals surface area contributed by atoms with Gasteiger partial charge in [0.15, 0.2) is 0 Å². The van der Waals surface area contributed by atoms with Gasteiger partial charge in [-0.3, -0.25) is 4.79 Å². The third-order valence-electron chi connectivity index (χ3n) is 4.22. The Hall–Kier alpha value is -0.585. The zero-order valence-corrected chi connectivity index (χ0v) is 9.46. The van der Waals surface area contributed by atoms with Gasteiger partial charge >= 0.3 is 5.97 Å². The molecule has 0 aromatic carbocycles. The van der Waals surface area contributed by atoms with Gasteiger partial charge in [0.1, 0.15) is 5.54 Å². The molecule has 6 heteroatoms. The second-order valence-electron chi connectivity index (χ2n) is 4.95. The van der Waals surface area contributed by atoms with E-state index in [9.17, 15) is 9.90 Å². The molecule has 0 saturated carbocycles. The lowest BCUT2D eigenvalue weighted by Crippen LogP contribution is -2.58. The fourth-order valence-electron chi connectivity index (χ4n) is 3.27. The number of rotatable bonds is 5. The van der Waals surface area contributed by atoms with E-state index in [2.05, 4.69) is 10.6 Å². The topological polar surface area (TPSA) is 81.6 Å². The van der Waals surface area contributed by atoms with E-state index < -0.39 is 11.5 Å². The fourth-order valence-corrected chi connectivity index (χ4v) is 3.27. The van der Waals surface area contributed by atoms with Gasteiger partial charge in [-0.1, -0.05) is 12.7 Å². The SMILES string of the molecule is O=C(O)C12CNCC1(CCCBO)CCN2. The minimum Gasteiger partial charge on any atom is -0.480 e. The number of hydrogen-bond acceptors (Lipinski definition) is 4. The third-order valence-corrected chi connectivity index (χ3v) is 4.22. The van der Waals surface area contributed by atoms with Crippen LogP contribution in [0.5, 0.6) is 0 Å². The quantitative estimate of drug-likeness (QED) is 0.354. The predicted octanol–water partition coefficient (Wildman–Crippen LogP) is -1.07. The Morgan fingerprint density at radius 3 is 2.94 bits per heavy atom. The molecule has 16 heavy (non-hydrogen) atoms. The van der Waals surface area contributed by atoms with Crippen LogP contribution in [0.15, 0.2) is 0 Å². The van der Waals surface area contributed by atoms with E-state index >= 15 is 0 Å². The highest BCUT2D eigenvalue weighted by atomic mass is 16.4. The van der Waals surface area contributed by atoms with Crippen LogP contribution >= 0.6 is 0 Å². The predicted molar refractivity (Wildman–Crippen MR) is 61.7 cm³/mol. The van der Waals surface area contributed by atoms with Gasteiger partial charge in [-0.2, -0.15) is 0 Å². The van der Waals surface area contributed by atoms with Crippen LogP contribution in [0.3, 0.4) is 0 Å². The van der Waals surface area contributed by atoms with E-state index in [0.29, 0.717) is 6.54 Å². The van der Waals surface area contributed by atoms with Crippen LogP contribution in [0.25, 0.3) is 0 Å². The molecule has 0 radical (unpaired) electrons. The Bertz CT molecular complexity index is 275. The molecule has 2 unspecified atom stereocenters. The molecule has 0 bridgehead atoms. The highest BCUT2D eigenvalue weighted by Gasteiger charge is 2.62. The lowest BCUT2D eigenvalue weighted by molar-refractivity contribution is -0.147. The molecule has 2 aliphatic heterocycles. The molecule has 0 aromatic heterocycles. The van der Waals surface area contributed by atoms with Crippen LogP contribution < -0.4 is 10.6 Å². The van der Waals surface area contributed by atoms with Crippen LogP contribution in [0.2, 0.25) is 6.32 Å². The summed E-state index contributed by atoms with van der Waals surface area (Å²) in [5.41, 5.74) is -0.934. The molecule has 0 amide bonds.